The van der Waals surface area contributed by atoms with Gasteiger partial charge in [-0.1, -0.05) is 48.5 Å². The van der Waals surface area contributed by atoms with E-state index >= 15 is 0 Å². The minimum absolute atomic E-state index is 0.0126. The first kappa shape index (κ1) is 13.8. The number of hydrogen-bond donors (Lipinski definition) is 0. The van der Waals surface area contributed by atoms with Gasteiger partial charge in [-0.05, 0) is 24.1 Å². The van der Waals surface area contributed by atoms with E-state index in [0.29, 0.717) is 17.7 Å². The molecule has 0 aliphatic heterocycles. The minimum Gasteiger partial charge on any atom is -0.485 e. The summed E-state index contributed by atoms with van der Waals surface area (Å²) in [5, 5.41) is 0. The Labute approximate surface area is 134 Å². The van der Waals surface area contributed by atoms with Crippen molar-refractivity contribution in [2.24, 2.45) is 0 Å². The Hall–Kier alpha value is -1.85. The lowest BCUT2D eigenvalue weighted by Gasteiger charge is -2.20. The predicted octanol–water partition coefficient (Wildman–Crippen LogP) is 3.48. The van der Waals surface area contributed by atoms with Crippen LogP contribution in [0.1, 0.15) is 26.4 Å². The highest BCUT2D eigenvalue weighted by atomic mass is 32.2. The van der Waals surface area contributed by atoms with E-state index in [-0.39, 0.29) is 18.7 Å². The summed E-state index contributed by atoms with van der Waals surface area (Å²) in [6, 6.07) is 12.8. The summed E-state index contributed by atoms with van der Waals surface area (Å²) in [7, 11) is -3.51. The third-order valence-corrected chi connectivity index (χ3v) is 3.65. The number of para-hydroxylation sites is 1. The summed E-state index contributed by atoms with van der Waals surface area (Å²) in [6.45, 7) is 1.77. The summed E-state index contributed by atoms with van der Waals surface area (Å²) in [4.78, 5) is 0. The highest BCUT2D eigenvalue weighted by Crippen LogP contribution is 2.27. The van der Waals surface area contributed by atoms with E-state index in [1.807, 2.05) is 30.3 Å². The molecule has 0 saturated carbocycles. The third kappa shape index (κ3) is 5.16. The van der Waals surface area contributed by atoms with Gasteiger partial charge in [0.2, 0.25) is 0 Å². The monoisotopic (exact) mass is 322 g/mol. The van der Waals surface area contributed by atoms with E-state index in [1.54, 1.807) is 13.0 Å². The van der Waals surface area contributed by atoms with Crippen LogP contribution in [-0.4, -0.2) is 21.3 Å². The molecule has 5 heteroatoms. The molecule has 2 aromatic rings. The molecular weight excluding hydrogens is 300 g/mol. The van der Waals surface area contributed by atoms with Crippen LogP contribution in [0.3, 0.4) is 0 Å². The number of ether oxygens (including phenoxy) is 1. The van der Waals surface area contributed by atoms with Crippen LogP contribution in [0.25, 0.3) is 0 Å². The smallest absolute Gasteiger partial charge is 0.264 e. The molecule has 2 rings (SSSR count). The van der Waals surface area contributed by atoms with Gasteiger partial charge in [0.1, 0.15) is 11.9 Å². The van der Waals surface area contributed by atoms with Crippen molar-refractivity contribution in [1.82, 2.24) is 0 Å². The van der Waals surface area contributed by atoms with Gasteiger partial charge in [0.25, 0.3) is 10.1 Å². The molecule has 0 aliphatic rings. The largest absolute Gasteiger partial charge is 0.485 e. The van der Waals surface area contributed by atoms with Crippen molar-refractivity contribution >= 4 is 10.1 Å². The lowest BCUT2D eigenvalue weighted by molar-refractivity contribution is 0.165. The normalized spacial score (nSPS) is 14.1. The molecule has 0 heterocycles. The van der Waals surface area contributed by atoms with Gasteiger partial charge in [-0.25, -0.2) is 0 Å². The lowest BCUT2D eigenvalue weighted by atomic mass is 10.1. The van der Waals surface area contributed by atoms with Crippen molar-refractivity contribution in [3.8, 4) is 5.75 Å². The topological polar surface area (TPSA) is 52.6 Å². The van der Waals surface area contributed by atoms with Gasteiger partial charge >= 0.3 is 0 Å². The van der Waals surface area contributed by atoms with E-state index in [4.69, 9.17) is 11.7 Å². The standard InChI is InChI=1S/C17H20O4S/c1-14-8-6-7-11-16(14)21-17(12-13-20-22(2,18)19)15-9-4-3-5-10-15/h3-11,17H,12-13H2,1-2H3/i6D,11D. The SMILES string of the molecule is [2H]c1cc([2H])c(OC(CCOS(C)(=O)=O)c2ccccc2)c(C)c1. The van der Waals surface area contributed by atoms with Crippen LogP contribution in [0.2, 0.25) is 0 Å². The quantitative estimate of drug-likeness (QED) is 0.732. The van der Waals surface area contributed by atoms with E-state index in [9.17, 15) is 8.42 Å². The molecular formula is C17H20O4S. The van der Waals surface area contributed by atoms with Gasteiger partial charge in [-0.15, -0.1) is 0 Å². The highest BCUT2D eigenvalue weighted by Gasteiger charge is 2.15. The molecule has 2 aromatic carbocycles. The first-order valence-corrected chi connectivity index (χ1v) is 8.72. The molecule has 0 bridgehead atoms. The van der Waals surface area contributed by atoms with Gasteiger partial charge in [-0.3, -0.25) is 4.18 Å². The molecule has 118 valence electrons. The third-order valence-electron chi connectivity index (χ3n) is 3.05. The van der Waals surface area contributed by atoms with Gasteiger partial charge in [0, 0.05) is 6.42 Å². The number of rotatable bonds is 7. The Morgan fingerprint density at radius 3 is 2.55 bits per heavy atom. The number of hydrogen-bond acceptors (Lipinski definition) is 4. The second-order valence-corrected chi connectivity index (χ2v) is 6.59. The molecule has 0 aromatic heterocycles. The maximum Gasteiger partial charge on any atom is 0.264 e. The van der Waals surface area contributed by atoms with Crippen molar-refractivity contribution in [2.75, 3.05) is 12.9 Å². The molecule has 0 N–H and O–H groups in total. The van der Waals surface area contributed by atoms with E-state index in [2.05, 4.69) is 0 Å². The summed E-state index contributed by atoms with van der Waals surface area (Å²) >= 11 is 0. The second kappa shape index (κ2) is 7.42. The molecule has 0 saturated heterocycles. The van der Waals surface area contributed by atoms with E-state index in [1.165, 1.54) is 6.07 Å². The molecule has 1 atom stereocenters. The first-order valence-electron chi connectivity index (χ1n) is 7.90. The van der Waals surface area contributed by atoms with Gasteiger partial charge in [0.05, 0.1) is 15.6 Å². The number of aryl methyl sites for hydroxylation is 1. The zero-order valence-corrected chi connectivity index (χ0v) is 13.4. The van der Waals surface area contributed by atoms with Crippen LogP contribution < -0.4 is 4.74 Å². The van der Waals surface area contributed by atoms with Crippen LogP contribution in [0.4, 0.5) is 0 Å². The molecule has 1 unspecified atom stereocenters. The molecule has 0 radical (unpaired) electrons. The molecule has 0 fully saturated rings. The molecule has 4 nitrogen and oxygen atoms in total. The van der Waals surface area contributed by atoms with Crippen molar-refractivity contribution in [1.29, 1.82) is 0 Å². The molecule has 0 amide bonds. The van der Waals surface area contributed by atoms with Gasteiger partial charge in [-0.2, -0.15) is 8.42 Å². The highest BCUT2D eigenvalue weighted by molar-refractivity contribution is 7.85. The Bertz CT molecular complexity index is 768. The second-order valence-electron chi connectivity index (χ2n) is 4.94. The Morgan fingerprint density at radius 2 is 1.91 bits per heavy atom. The van der Waals surface area contributed by atoms with E-state index in [0.717, 1.165) is 11.8 Å². The Balaban J connectivity index is 2.23. The fourth-order valence-electron chi connectivity index (χ4n) is 1.99. The first-order chi connectivity index (χ1) is 11.3. The van der Waals surface area contributed by atoms with Crippen LogP contribution in [0, 0.1) is 6.92 Å². The van der Waals surface area contributed by atoms with Gasteiger partial charge < -0.3 is 4.74 Å². The molecule has 0 spiro atoms. The average Bonchev–Trinajstić information content (AvgIpc) is 2.48. The number of benzene rings is 2. The van der Waals surface area contributed by atoms with Crippen molar-refractivity contribution in [3.63, 3.8) is 0 Å². The van der Waals surface area contributed by atoms with E-state index < -0.39 is 16.2 Å². The van der Waals surface area contributed by atoms with Crippen LogP contribution in [0.15, 0.2) is 54.5 Å². The summed E-state index contributed by atoms with van der Waals surface area (Å²) in [5.41, 5.74) is 1.56. The maximum atomic E-state index is 11.1. The molecule has 22 heavy (non-hydrogen) atoms. The average molecular weight is 322 g/mol. The summed E-state index contributed by atoms with van der Waals surface area (Å²) in [6.07, 6.45) is 0.871. The Morgan fingerprint density at radius 1 is 1.18 bits per heavy atom. The van der Waals surface area contributed by atoms with Gasteiger partial charge in [0.15, 0.2) is 0 Å². The fourth-order valence-corrected chi connectivity index (χ4v) is 2.39. The predicted molar refractivity (Wildman–Crippen MR) is 86.4 cm³/mol. The van der Waals surface area contributed by atoms with Crippen LogP contribution in [0.5, 0.6) is 5.75 Å². The lowest BCUT2D eigenvalue weighted by Crippen LogP contribution is -2.13. The summed E-state index contributed by atoms with van der Waals surface area (Å²) < 4.78 is 48.7. The maximum absolute atomic E-state index is 11.1. The minimum atomic E-state index is -3.51. The van der Waals surface area contributed by atoms with Crippen LogP contribution >= 0.6 is 0 Å². The van der Waals surface area contributed by atoms with Crippen LogP contribution in [-0.2, 0) is 14.3 Å². The Kier molecular flexibility index (Phi) is 4.65. The van der Waals surface area contributed by atoms with Crippen molar-refractivity contribution < 1.29 is 20.1 Å². The molecule has 0 aliphatic carbocycles. The zero-order valence-electron chi connectivity index (χ0n) is 14.6. The van der Waals surface area contributed by atoms with Crippen molar-refractivity contribution in [2.45, 2.75) is 19.4 Å². The summed E-state index contributed by atoms with van der Waals surface area (Å²) in [5.74, 6) is 0.388. The fraction of sp³-hybridized carbons (Fsp3) is 0.294. The zero-order chi connectivity index (χ0) is 17.7. The van der Waals surface area contributed by atoms with Crippen molar-refractivity contribution in [3.05, 3.63) is 65.7 Å².